The van der Waals surface area contributed by atoms with Crippen molar-refractivity contribution < 1.29 is 14.3 Å². The SMILES string of the molecule is Cc1ncccc1C(=O)N1CC[C@H]2COCC(=O)N(C)[C@H]2C1. The van der Waals surface area contributed by atoms with Gasteiger partial charge in [-0.25, -0.2) is 0 Å². The van der Waals surface area contributed by atoms with Crippen molar-refractivity contribution >= 4 is 11.8 Å². The molecule has 2 aliphatic rings. The molecule has 6 heteroatoms. The lowest BCUT2D eigenvalue weighted by Crippen LogP contribution is -2.54. The third-order valence-corrected chi connectivity index (χ3v) is 4.69. The minimum Gasteiger partial charge on any atom is -0.371 e. The molecule has 0 N–H and O–H groups in total. The van der Waals surface area contributed by atoms with E-state index in [1.54, 1.807) is 24.2 Å². The summed E-state index contributed by atoms with van der Waals surface area (Å²) in [6.45, 7) is 3.83. The maximum absolute atomic E-state index is 12.7. The Bertz CT molecular complexity index is 590. The van der Waals surface area contributed by atoms with Gasteiger partial charge in [0.05, 0.1) is 18.2 Å². The number of hydrogen-bond donors (Lipinski definition) is 0. The number of hydrogen-bond acceptors (Lipinski definition) is 4. The molecule has 22 heavy (non-hydrogen) atoms. The lowest BCUT2D eigenvalue weighted by Gasteiger charge is -2.41. The first kappa shape index (κ1) is 15.0. The van der Waals surface area contributed by atoms with Crippen LogP contribution in [0.3, 0.4) is 0 Å². The zero-order valence-corrected chi connectivity index (χ0v) is 13.0. The molecule has 1 aromatic heterocycles. The van der Waals surface area contributed by atoms with Crippen molar-refractivity contribution in [3.63, 3.8) is 0 Å². The van der Waals surface area contributed by atoms with Crippen LogP contribution in [0.4, 0.5) is 0 Å². The van der Waals surface area contributed by atoms with E-state index < -0.39 is 0 Å². The van der Waals surface area contributed by atoms with Gasteiger partial charge in [-0.05, 0) is 25.5 Å². The standard InChI is InChI=1S/C16H21N3O3/c1-11-13(4-3-6-17-11)16(21)19-7-5-12-9-22-10-15(20)18(2)14(12)8-19/h3-4,6,12,14H,5,7-10H2,1-2H3/t12-,14-/m0/s1. The van der Waals surface area contributed by atoms with Crippen LogP contribution in [0.5, 0.6) is 0 Å². The lowest BCUT2D eigenvalue weighted by atomic mass is 9.91. The molecule has 2 fully saturated rings. The Morgan fingerprint density at radius 1 is 1.45 bits per heavy atom. The lowest BCUT2D eigenvalue weighted by molar-refractivity contribution is -0.134. The summed E-state index contributed by atoms with van der Waals surface area (Å²) in [5.74, 6) is 0.282. The van der Waals surface area contributed by atoms with E-state index in [9.17, 15) is 9.59 Å². The van der Waals surface area contributed by atoms with Gasteiger partial charge in [-0.1, -0.05) is 0 Å². The number of ether oxygens (including phenoxy) is 1. The predicted molar refractivity (Wildman–Crippen MR) is 80.4 cm³/mol. The number of fused-ring (bicyclic) bond motifs is 1. The number of likely N-dealkylation sites (tertiary alicyclic amines) is 1. The molecule has 2 saturated heterocycles. The number of rotatable bonds is 1. The highest BCUT2D eigenvalue weighted by molar-refractivity contribution is 5.95. The summed E-state index contributed by atoms with van der Waals surface area (Å²) < 4.78 is 5.44. The Balaban J connectivity index is 1.79. The molecule has 0 aromatic carbocycles. The first-order valence-electron chi connectivity index (χ1n) is 7.62. The van der Waals surface area contributed by atoms with Crippen LogP contribution in [0, 0.1) is 12.8 Å². The molecule has 3 heterocycles. The quantitative estimate of drug-likeness (QED) is 0.766. The highest BCUT2D eigenvalue weighted by Gasteiger charge is 2.38. The van der Waals surface area contributed by atoms with Crippen LogP contribution in [0.15, 0.2) is 18.3 Å². The maximum Gasteiger partial charge on any atom is 0.255 e. The van der Waals surface area contributed by atoms with Crippen LogP contribution in [0.2, 0.25) is 0 Å². The van der Waals surface area contributed by atoms with Gasteiger partial charge in [-0.15, -0.1) is 0 Å². The summed E-state index contributed by atoms with van der Waals surface area (Å²) in [4.78, 5) is 32.4. The first-order chi connectivity index (χ1) is 10.6. The van der Waals surface area contributed by atoms with E-state index in [2.05, 4.69) is 4.98 Å². The van der Waals surface area contributed by atoms with Crippen molar-refractivity contribution in [3.05, 3.63) is 29.6 Å². The normalized spacial score (nSPS) is 25.6. The highest BCUT2D eigenvalue weighted by Crippen LogP contribution is 2.25. The third-order valence-electron chi connectivity index (χ3n) is 4.69. The Labute approximate surface area is 130 Å². The Kier molecular flexibility index (Phi) is 4.11. The highest BCUT2D eigenvalue weighted by atomic mass is 16.5. The van der Waals surface area contributed by atoms with Gasteiger partial charge in [0.2, 0.25) is 5.91 Å². The van der Waals surface area contributed by atoms with Crippen molar-refractivity contribution in [2.24, 2.45) is 5.92 Å². The van der Waals surface area contributed by atoms with Gasteiger partial charge in [0.25, 0.3) is 5.91 Å². The first-order valence-corrected chi connectivity index (χ1v) is 7.62. The predicted octanol–water partition coefficient (Wildman–Crippen LogP) is 0.709. The Morgan fingerprint density at radius 2 is 2.27 bits per heavy atom. The number of aryl methyl sites for hydroxylation is 1. The number of carbonyl (C=O) groups excluding carboxylic acids is 2. The zero-order chi connectivity index (χ0) is 15.7. The van der Waals surface area contributed by atoms with Crippen LogP contribution in [0.1, 0.15) is 22.5 Å². The monoisotopic (exact) mass is 303 g/mol. The molecule has 2 amide bonds. The van der Waals surface area contributed by atoms with E-state index in [-0.39, 0.29) is 24.5 Å². The molecule has 1 aromatic rings. The summed E-state index contributed by atoms with van der Waals surface area (Å²) in [6, 6.07) is 3.62. The van der Waals surface area contributed by atoms with Gasteiger partial charge >= 0.3 is 0 Å². The van der Waals surface area contributed by atoms with E-state index in [0.29, 0.717) is 31.2 Å². The molecule has 2 atom stereocenters. The molecule has 0 radical (unpaired) electrons. The van der Waals surface area contributed by atoms with Gasteiger partial charge in [-0.3, -0.25) is 14.6 Å². The molecule has 2 aliphatic heterocycles. The molecule has 0 bridgehead atoms. The fourth-order valence-corrected chi connectivity index (χ4v) is 3.26. The van der Waals surface area contributed by atoms with Crippen molar-refractivity contribution in [1.82, 2.24) is 14.8 Å². The molecule has 0 spiro atoms. The topological polar surface area (TPSA) is 62.7 Å². The van der Waals surface area contributed by atoms with Crippen LogP contribution in [0.25, 0.3) is 0 Å². The van der Waals surface area contributed by atoms with Crippen molar-refractivity contribution in [2.75, 3.05) is 33.4 Å². The smallest absolute Gasteiger partial charge is 0.255 e. The summed E-state index contributed by atoms with van der Waals surface area (Å²) in [5.41, 5.74) is 1.38. The Morgan fingerprint density at radius 3 is 3.05 bits per heavy atom. The second kappa shape index (κ2) is 6.04. The fourth-order valence-electron chi connectivity index (χ4n) is 3.26. The average Bonchev–Trinajstić information content (AvgIpc) is 2.67. The van der Waals surface area contributed by atoms with E-state index >= 15 is 0 Å². The molecule has 0 saturated carbocycles. The minimum atomic E-state index is -0.0145. The number of likely N-dealkylation sites (N-methyl/N-ethyl adjacent to an activating group) is 1. The molecule has 118 valence electrons. The molecule has 3 rings (SSSR count). The van der Waals surface area contributed by atoms with Gasteiger partial charge in [-0.2, -0.15) is 0 Å². The number of carbonyl (C=O) groups is 2. The van der Waals surface area contributed by atoms with Crippen LogP contribution in [-0.4, -0.2) is 66.0 Å². The molecule has 0 unspecified atom stereocenters. The van der Waals surface area contributed by atoms with Gasteiger partial charge in [0.1, 0.15) is 6.61 Å². The minimum absolute atomic E-state index is 0.00457. The third kappa shape index (κ3) is 2.70. The fraction of sp³-hybridized carbons (Fsp3) is 0.562. The summed E-state index contributed by atoms with van der Waals surface area (Å²) in [7, 11) is 1.80. The summed E-state index contributed by atoms with van der Waals surface area (Å²) >= 11 is 0. The molecular formula is C16H21N3O3. The number of amides is 2. The second-order valence-electron chi connectivity index (χ2n) is 6.02. The number of piperidine rings is 1. The van der Waals surface area contributed by atoms with Crippen LogP contribution < -0.4 is 0 Å². The number of pyridine rings is 1. The van der Waals surface area contributed by atoms with Gasteiger partial charge < -0.3 is 14.5 Å². The molecular weight excluding hydrogens is 282 g/mol. The van der Waals surface area contributed by atoms with E-state index in [1.165, 1.54) is 0 Å². The van der Waals surface area contributed by atoms with Gasteiger partial charge in [0.15, 0.2) is 0 Å². The van der Waals surface area contributed by atoms with Crippen molar-refractivity contribution in [1.29, 1.82) is 0 Å². The van der Waals surface area contributed by atoms with Crippen molar-refractivity contribution in [2.45, 2.75) is 19.4 Å². The average molecular weight is 303 g/mol. The second-order valence-corrected chi connectivity index (χ2v) is 6.02. The largest absolute Gasteiger partial charge is 0.371 e. The van der Waals surface area contributed by atoms with E-state index in [4.69, 9.17) is 4.74 Å². The molecule has 6 nitrogen and oxygen atoms in total. The van der Waals surface area contributed by atoms with Crippen molar-refractivity contribution in [3.8, 4) is 0 Å². The molecule has 0 aliphatic carbocycles. The van der Waals surface area contributed by atoms with E-state index in [1.807, 2.05) is 17.9 Å². The maximum atomic E-state index is 12.7. The van der Waals surface area contributed by atoms with E-state index in [0.717, 1.165) is 12.1 Å². The number of nitrogens with zero attached hydrogens (tertiary/aromatic N) is 3. The number of aromatic nitrogens is 1. The summed E-state index contributed by atoms with van der Waals surface area (Å²) in [5, 5.41) is 0. The van der Waals surface area contributed by atoms with Crippen LogP contribution in [-0.2, 0) is 9.53 Å². The Hall–Kier alpha value is -1.95. The van der Waals surface area contributed by atoms with Gasteiger partial charge in [0, 0.05) is 37.9 Å². The zero-order valence-electron chi connectivity index (χ0n) is 13.0. The van der Waals surface area contributed by atoms with Crippen LogP contribution >= 0.6 is 0 Å². The summed E-state index contributed by atoms with van der Waals surface area (Å²) in [6.07, 6.45) is 2.54.